The molecule has 1 aliphatic rings. The predicted molar refractivity (Wildman–Crippen MR) is 105 cm³/mol. The van der Waals surface area contributed by atoms with Gasteiger partial charge < -0.3 is 10.2 Å². The summed E-state index contributed by atoms with van der Waals surface area (Å²) in [6.07, 6.45) is 4.49. The Morgan fingerprint density at radius 2 is 1.93 bits per heavy atom. The zero-order valence-corrected chi connectivity index (χ0v) is 16.5. The lowest BCUT2D eigenvalue weighted by atomic mass is 10.2. The number of rotatable bonds is 6. The van der Waals surface area contributed by atoms with Crippen molar-refractivity contribution in [2.24, 2.45) is 0 Å². The number of likely N-dealkylation sites (tertiary alicyclic amines) is 1. The van der Waals surface area contributed by atoms with Crippen LogP contribution < -0.4 is 5.32 Å². The van der Waals surface area contributed by atoms with E-state index in [-0.39, 0.29) is 17.6 Å². The van der Waals surface area contributed by atoms with Crippen LogP contribution in [-0.4, -0.2) is 46.1 Å². The summed E-state index contributed by atoms with van der Waals surface area (Å²) < 4.78 is 14.8. The highest BCUT2D eigenvalue weighted by molar-refractivity contribution is 5.96. The molecule has 0 saturated carbocycles. The first kappa shape index (κ1) is 20.0. The molecule has 150 valence electrons. The van der Waals surface area contributed by atoms with Crippen molar-refractivity contribution >= 4 is 11.8 Å². The molecule has 1 aromatic carbocycles. The van der Waals surface area contributed by atoms with Crippen LogP contribution in [-0.2, 0) is 4.79 Å². The Balaban J connectivity index is 1.58. The molecule has 6 nitrogen and oxygen atoms in total. The lowest BCUT2D eigenvalue weighted by Crippen LogP contribution is -2.34. The van der Waals surface area contributed by atoms with Gasteiger partial charge in [0.25, 0.3) is 5.91 Å². The fraction of sp³-hybridized carbons (Fsp3) is 0.476. The summed E-state index contributed by atoms with van der Waals surface area (Å²) in [5, 5.41) is 7.37. The maximum atomic E-state index is 13.2. The van der Waals surface area contributed by atoms with Gasteiger partial charge in [0, 0.05) is 26.1 Å². The second-order valence-corrected chi connectivity index (χ2v) is 7.23. The molecule has 1 aliphatic heterocycles. The summed E-state index contributed by atoms with van der Waals surface area (Å²) in [4.78, 5) is 26.6. The van der Waals surface area contributed by atoms with Crippen LogP contribution in [0.4, 0.5) is 4.39 Å². The summed E-state index contributed by atoms with van der Waals surface area (Å²) in [7, 11) is 0. The predicted octanol–water partition coefficient (Wildman–Crippen LogP) is 3.15. The average molecular weight is 386 g/mol. The highest BCUT2D eigenvalue weighted by Crippen LogP contribution is 2.18. The normalized spacial score (nSPS) is 14.8. The third kappa shape index (κ3) is 4.58. The first-order valence-electron chi connectivity index (χ1n) is 9.85. The van der Waals surface area contributed by atoms with Crippen molar-refractivity contribution in [3.63, 3.8) is 0 Å². The van der Waals surface area contributed by atoms with Crippen LogP contribution in [0.15, 0.2) is 24.3 Å². The number of hydrogen-bond donors (Lipinski definition) is 1. The molecule has 2 amide bonds. The maximum Gasteiger partial charge on any atom is 0.255 e. The Morgan fingerprint density at radius 1 is 1.18 bits per heavy atom. The molecule has 2 heterocycles. The van der Waals surface area contributed by atoms with Gasteiger partial charge in [-0.15, -0.1) is 0 Å². The largest absolute Gasteiger partial charge is 0.352 e. The Labute approximate surface area is 164 Å². The number of aromatic nitrogens is 2. The highest BCUT2D eigenvalue weighted by atomic mass is 19.1. The van der Waals surface area contributed by atoms with Crippen LogP contribution in [0.1, 0.15) is 53.8 Å². The Bertz CT molecular complexity index is 845. The van der Waals surface area contributed by atoms with Crippen molar-refractivity contribution < 1.29 is 14.0 Å². The number of carbonyl (C=O) groups is 2. The van der Waals surface area contributed by atoms with Gasteiger partial charge in [0.2, 0.25) is 5.91 Å². The zero-order valence-electron chi connectivity index (χ0n) is 16.5. The van der Waals surface area contributed by atoms with Crippen molar-refractivity contribution in [1.29, 1.82) is 0 Å². The number of benzene rings is 1. The molecular formula is C21H27FN4O2. The fourth-order valence-electron chi connectivity index (χ4n) is 3.64. The topological polar surface area (TPSA) is 67.2 Å². The third-order valence-corrected chi connectivity index (χ3v) is 5.15. The molecule has 7 heteroatoms. The fourth-order valence-corrected chi connectivity index (χ4v) is 3.64. The first-order valence-corrected chi connectivity index (χ1v) is 9.85. The molecule has 1 aromatic heterocycles. The van der Waals surface area contributed by atoms with Gasteiger partial charge >= 0.3 is 0 Å². The van der Waals surface area contributed by atoms with E-state index in [1.54, 1.807) is 23.7 Å². The number of aryl methyl sites for hydroxylation is 1. The van der Waals surface area contributed by atoms with Crippen LogP contribution in [0.2, 0.25) is 0 Å². The van der Waals surface area contributed by atoms with E-state index >= 15 is 0 Å². The summed E-state index contributed by atoms with van der Waals surface area (Å²) in [5.41, 5.74) is 2.59. The molecule has 0 bridgehead atoms. The lowest BCUT2D eigenvalue weighted by Gasteiger charge is -2.20. The van der Waals surface area contributed by atoms with Gasteiger partial charge in [0.1, 0.15) is 5.82 Å². The van der Waals surface area contributed by atoms with E-state index < -0.39 is 0 Å². The van der Waals surface area contributed by atoms with Crippen molar-refractivity contribution in [2.45, 2.75) is 46.0 Å². The highest BCUT2D eigenvalue weighted by Gasteiger charge is 2.20. The van der Waals surface area contributed by atoms with E-state index in [0.29, 0.717) is 42.1 Å². The smallest absolute Gasteiger partial charge is 0.255 e. The van der Waals surface area contributed by atoms with Crippen LogP contribution in [0.25, 0.3) is 5.69 Å². The van der Waals surface area contributed by atoms with E-state index in [9.17, 15) is 14.0 Å². The van der Waals surface area contributed by atoms with Crippen LogP contribution >= 0.6 is 0 Å². The molecule has 1 saturated heterocycles. The van der Waals surface area contributed by atoms with Gasteiger partial charge in [-0.2, -0.15) is 5.10 Å². The van der Waals surface area contributed by atoms with Gasteiger partial charge in [-0.3, -0.25) is 9.59 Å². The molecule has 0 atom stereocenters. The van der Waals surface area contributed by atoms with Crippen LogP contribution in [0.3, 0.4) is 0 Å². The van der Waals surface area contributed by atoms with Crippen molar-refractivity contribution in [1.82, 2.24) is 20.0 Å². The van der Waals surface area contributed by atoms with E-state index in [1.807, 2.05) is 11.8 Å². The maximum absolute atomic E-state index is 13.2. The first-order chi connectivity index (χ1) is 13.5. The molecular weight excluding hydrogens is 359 g/mol. The van der Waals surface area contributed by atoms with Crippen molar-refractivity contribution in [2.75, 3.05) is 19.6 Å². The van der Waals surface area contributed by atoms with Crippen LogP contribution in [0.5, 0.6) is 0 Å². The monoisotopic (exact) mass is 386 g/mol. The van der Waals surface area contributed by atoms with Gasteiger partial charge in [0.15, 0.2) is 0 Å². The molecule has 0 radical (unpaired) electrons. The molecule has 0 spiro atoms. The molecule has 2 aromatic rings. The van der Waals surface area contributed by atoms with Gasteiger partial charge in [-0.1, -0.05) is 6.42 Å². The third-order valence-electron chi connectivity index (χ3n) is 5.15. The Kier molecular flexibility index (Phi) is 6.44. The number of nitrogens with zero attached hydrogens (tertiary/aromatic N) is 3. The zero-order chi connectivity index (χ0) is 20.1. The minimum Gasteiger partial charge on any atom is -0.352 e. The average Bonchev–Trinajstić information content (AvgIpc) is 2.83. The summed E-state index contributed by atoms with van der Waals surface area (Å²) in [6.45, 7) is 5.61. The molecule has 1 fully saturated rings. The minimum absolute atomic E-state index is 0.175. The number of nitrogens with one attached hydrogen (secondary N) is 1. The van der Waals surface area contributed by atoms with E-state index in [2.05, 4.69) is 10.4 Å². The van der Waals surface area contributed by atoms with E-state index in [4.69, 9.17) is 0 Å². The van der Waals surface area contributed by atoms with Crippen molar-refractivity contribution in [3.05, 3.63) is 47.0 Å². The Hall–Kier alpha value is -2.70. The SMILES string of the molecule is Cc1nn(-c2ccc(F)cc2)c(C)c1C(=O)NCCCN1CCCCCC1=O. The standard InChI is InChI=1S/C21H27FN4O2/c1-15-20(16(2)26(24-15)18-10-8-17(22)9-11-18)21(28)23-12-6-14-25-13-5-3-4-7-19(25)27/h8-11H,3-7,12-14H2,1-2H3,(H,23,28). The van der Waals surface area contributed by atoms with Gasteiger partial charge in [-0.05, 0) is 57.4 Å². The van der Waals surface area contributed by atoms with Gasteiger partial charge in [-0.25, -0.2) is 9.07 Å². The molecule has 28 heavy (non-hydrogen) atoms. The number of carbonyl (C=O) groups excluding carboxylic acids is 2. The van der Waals surface area contributed by atoms with E-state index in [0.717, 1.165) is 32.2 Å². The second-order valence-electron chi connectivity index (χ2n) is 7.23. The summed E-state index contributed by atoms with van der Waals surface area (Å²) >= 11 is 0. The van der Waals surface area contributed by atoms with Crippen molar-refractivity contribution in [3.8, 4) is 5.69 Å². The molecule has 0 aliphatic carbocycles. The van der Waals surface area contributed by atoms with E-state index in [1.165, 1.54) is 12.1 Å². The Morgan fingerprint density at radius 3 is 2.68 bits per heavy atom. The summed E-state index contributed by atoms with van der Waals surface area (Å²) in [5.74, 6) is -0.271. The lowest BCUT2D eigenvalue weighted by molar-refractivity contribution is -0.130. The van der Waals surface area contributed by atoms with Crippen LogP contribution in [0, 0.1) is 19.7 Å². The van der Waals surface area contributed by atoms with Gasteiger partial charge in [0.05, 0.1) is 22.6 Å². The molecule has 3 rings (SSSR count). The molecule has 1 N–H and O–H groups in total. The quantitative estimate of drug-likeness (QED) is 0.776. The molecule has 0 unspecified atom stereocenters. The number of hydrogen-bond acceptors (Lipinski definition) is 3. The second kappa shape index (κ2) is 8.99. The summed E-state index contributed by atoms with van der Waals surface area (Å²) in [6, 6.07) is 6.01. The minimum atomic E-state index is -0.314. The number of amides is 2. The number of halogens is 1.